The first-order valence-electron chi connectivity index (χ1n) is 10.3. The van der Waals surface area contributed by atoms with Crippen LogP contribution in [0.15, 0.2) is 66.4 Å². The Hall–Kier alpha value is -4.30. The number of carbonyl (C=O) groups excluding carboxylic acids is 1. The van der Waals surface area contributed by atoms with Gasteiger partial charge in [-0.2, -0.15) is 10.4 Å². The Morgan fingerprint density at radius 2 is 1.91 bits per heavy atom. The molecule has 1 aliphatic heterocycles. The van der Waals surface area contributed by atoms with Crippen molar-refractivity contribution in [1.29, 1.82) is 5.26 Å². The molecule has 1 N–H and O–H groups in total. The molecule has 0 radical (unpaired) electrons. The van der Waals surface area contributed by atoms with Crippen molar-refractivity contribution in [2.45, 2.75) is 12.5 Å². The first-order chi connectivity index (χ1) is 16.3. The quantitative estimate of drug-likeness (QED) is 0.248. The monoisotopic (exact) mass is 477 g/mol. The van der Waals surface area contributed by atoms with Crippen molar-refractivity contribution in [2.24, 2.45) is 0 Å². The Bertz CT molecular complexity index is 1420. The third-order valence-corrected chi connectivity index (χ3v) is 7.12. The maximum Gasteiger partial charge on any atom is 0.269 e. The van der Waals surface area contributed by atoms with E-state index in [1.54, 1.807) is 23.0 Å². The van der Waals surface area contributed by atoms with Gasteiger partial charge in [-0.25, -0.2) is 13.1 Å². The molecular weight excluding hydrogens is 458 g/mol. The maximum absolute atomic E-state index is 12.7. The maximum atomic E-state index is 12.7. The highest BCUT2D eigenvalue weighted by Gasteiger charge is 2.29. The van der Waals surface area contributed by atoms with Gasteiger partial charge in [-0.15, -0.1) is 0 Å². The number of para-hydroxylation sites is 1. The molecule has 2 aromatic carbocycles. The summed E-state index contributed by atoms with van der Waals surface area (Å²) in [5.41, 5.74) is 1.88. The first kappa shape index (κ1) is 22.9. The minimum absolute atomic E-state index is 0.00230. The van der Waals surface area contributed by atoms with Crippen LogP contribution in [0.3, 0.4) is 0 Å². The van der Waals surface area contributed by atoms with Gasteiger partial charge in [-0.05, 0) is 36.8 Å². The van der Waals surface area contributed by atoms with Gasteiger partial charge in [-0.1, -0.05) is 18.2 Å². The Morgan fingerprint density at radius 1 is 1.21 bits per heavy atom. The van der Waals surface area contributed by atoms with E-state index in [0.29, 0.717) is 23.2 Å². The average Bonchev–Trinajstić information content (AvgIpc) is 3.40. The zero-order valence-corrected chi connectivity index (χ0v) is 18.6. The van der Waals surface area contributed by atoms with Crippen LogP contribution in [0.4, 0.5) is 5.69 Å². The number of carbonyl (C=O) groups is 1. The molecule has 1 saturated heterocycles. The van der Waals surface area contributed by atoms with Crippen LogP contribution in [0.1, 0.15) is 12.0 Å². The topological polar surface area (TPSA) is 148 Å². The number of sulfone groups is 1. The highest BCUT2D eigenvalue weighted by atomic mass is 32.2. The van der Waals surface area contributed by atoms with Crippen LogP contribution in [-0.4, -0.2) is 46.6 Å². The molecule has 1 amide bonds. The summed E-state index contributed by atoms with van der Waals surface area (Å²) < 4.78 is 24.9. The van der Waals surface area contributed by atoms with Crippen molar-refractivity contribution >= 4 is 27.5 Å². The fourth-order valence-electron chi connectivity index (χ4n) is 3.65. The number of aromatic nitrogens is 2. The summed E-state index contributed by atoms with van der Waals surface area (Å²) in [5, 5.41) is 27.8. The number of hydrogen-bond acceptors (Lipinski definition) is 7. The number of nitriles is 1. The van der Waals surface area contributed by atoms with Gasteiger partial charge < -0.3 is 5.32 Å². The summed E-state index contributed by atoms with van der Waals surface area (Å²) in [7, 11) is -3.19. The average molecular weight is 478 g/mol. The number of amides is 1. The summed E-state index contributed by atoms with van der Waals surface area (Å²) >= 11 is 0. The van der Waals surface area contributed by atoms with Crippen molar-refractivity contribution in [3.63, 3.8) is 0 Å². The van der Waals surface area contributed by atoms with E-state index in [2.05, 4.69) is 10.4 Å². The molecule has 10 nitrogen and oxygen atoms in total. The molecule has 34 heavy (non-hydrogen) atoms. The number of nitro benzene ring substituents is 1. The molecule has 1 aliphatic rings. The van der Waals surface area contributed by atoms with Gasteiger partial charge >= 0.3 is 0 Å². The number of nitrogens with zero attached hydrogens (tertiary/aromatic N) is 4. The number of non-ortho nitro benzene ring substituents is 1. The molecule has 0 bridgehead atoms. The SMILES string of the molecule is N#C/C(=C\c1cn(-c2ccccc2)nc1-c1ccc([N+](=O)[O-])cc1)C(=O)N[C@H]1CCS(=O)(=O)C1. The molecule has 0 aliphatic carbocycles. The van der Waals surface area contributed by atoms with Gasteiger partial charge in [0.25, 0.3) is 11.6 Å². The van der Waals surface area contributed by atoms with Crippen LogP contribution in [-0.2, 0) is 14.6 Å². The molecule has 3 aromatic rings. The molecular formula is C23H19N5O5S. The fourth-order valence-corrected chi connectivity index (χ4v) is 5.32. The Labute approximate surface area is 195 Å². The minimum atomic E-state index is -3.19. The standard InChI is InChI=1S/C23H19N5O5S/c24-13-17(23(29)25-19-10-11-34(32,33)15-19)12-18-14-27(20-4-2-1-3-5-20)26-22(18)16-6-8-21(9-7-16)28(30)31/h1-9,12,14,19H,10-11,15H2,(H,25,29)/b17-12+/t19-/m0/s1. The molecule has 1 aromatic heterocycles. The first-order valence-corrected chi connectivity index (χ1v) is 12.1. The highest BCUT2D eigenvalue weighted by Crippen LogP contribution is 2.27. The molecule has 0 spiro atoms. The second kappa shape index (κ2) is 9.29. The van der Waals surface area contributed by atoms with Crippen LogP contribution < -0.4 is 5.32 Å². The lowest BCUT2D eigenvalue weighted by Crippen LogP contribution is -2.36. The second-order valence-electron chi connectivity index (χ2n) is 7.76. The molecule has 1 fully saturated rings. The van der Waals surface area contributed by atoms with Crippen molar-refractivity contribution in [3.8, 4) is 23.0 Å². The molecule has 11 heteroatoms. The van der Waals surface area contributed by atoms with E-state index in [1.807, 2.05) is 36.4 Å². The van der Waals surface area contributed by atoms with Crippen molar-refractivity contribution in [1.82, 2.24) is 15.1 Å². The number of hydrogen-bond donors (Lipinski definition) is 1. The third-order valence-electron chi connectivity index (χ3n) is 5.35. The molecule has 0 unspecified atom stereocenters. The Morgan fingerprint density at radius 3 is 2.50 bits per heavy atom. The van der Waals surface area contributed by atoms with E-state index in [9.17, 15) is 28.6 Å². The van der Waals surface area contributed by atoms with Crippen molar-refractivity contribution in [3.05, 3.63) is 82.0 Å². The smallest absolute Gasteiger partial charge is 0.269 e. The molecule has 0 saturated carbocycles. The van der Waals surface area contributed by atoms with E-state index >= 15 is 0 Å². The molecule has 172 valence electrons. The van der Waals surface area contributed by atoms with Crippen molar-refractivity contribution < 1.29 is 18.1 Å². The van der Waals surface area contributed by atoms with E-state index in [0.717, 1.165) is 5.69 Å². The number of nitrogens with one attached hydrogen (secondary N) is 1. The van der Waals surface area contributed by atoms with Crippen LogP contribution in [0.2, 0.25) is 0 Å². The minimum Gasteiger partial charge on any atom is -0.348 e. The van der Waals surface area contributed by atoms with E-state index < -0.39 is 26.7 Å². The zero-order valence-electron chi connectivity index (χ0n) is 17.8. The van der Waals surface area contributed by atoms with E-state index in [4.69, 9.17) is 0 Å². The largest absolute Gasteiger partial charge is 0.348 e. The zero-order chi connectivity index (χ0) is 24.3. The lowest BCUT2D eigenvalue weighted by Gasteiger charge is -2.09. The van der Waals surface area contributed by atoms with E-state index in [-0.39, 0.29) is 22.8 Å². The summed E-state index contributed by atoms with van der Waals surface area (Å²) in [4.78, 5) is 23.2. The predicted molar refractivity (Wildman–Crippen MR) is 124 cm³/mol. The van der Waals surface area contributed by atoms with Crippen LogP contribution in [0.5, 0.6) is 0 Å². The van der Waals surface area contributed by atoms with Gasteiger partial charge in [0, 0.05) is 35.5 Å². The number of rotatable bonds is 6. The van der Waals surface area contributed by atoms with Gasteiger partial charge in [-0.3, -0.25) is 14.9 Å². The Balaban J connectivity index is 1.72. The lowest BCUT2D eigenvalue weighted by molar-refractivity contribution is -0.384. The molecule has 4 rings (SSSR count). The second-order valence-corrected chi connectivity index (χ2v) is 9.99. The van der Waals surface area contributed by atoms with Crippen molar-refractivity contribution in [2.75, 3.05) is 11.5 Å². The normalized spacial score (nSPS) is 17.1. The molecule has 2 heterocycles. The fraction of sp³-hybridized carbons (Fsp3) is 0.174. The summed E-state index contributed by atoms with van der Waals surface area (Å²) in [6, 6.07) is 16.3. The Kier molecular flexibility index (Phi) is 6.25. The van der Waals surface area contributed by atoms with Crippen LogP contribution in [0, 0.1) is 21.4 Å². The van der Waals surface area contributed by atoms with E-state index in [1.165, 1.54) is 18.2 Å². The highest BCUT2D eigenvalue weighted by molar-refractivity contribution is 7.91. The van der Waals surface area contributed by atoms with Gasteiger partial charge in [0.1, 0.15) is 17.3 Å². The number of nitro groups is 1. The van der Waals surface area contributed by atoms with Gasteiger partial charge in [0.2, 0.25) is 0 Å². The number of benzene rings is 2. The molecule has 1 atom stereocenters. The van der Waals surface area contributed by atoms with Gasteiger partial charge in [0.15, 0.2) is 9.84 Å². The summed E-state index contributed by atoms with van der Waals surface area (Å²) in [6.45, 7) is 0. The van der Waals surface area contributed by atoms with Crippen LogP contribution in [0.25, 0.3) is 23.0 Å². The third kappa shape index (κ3) is 5.02. The van der Waals surface area contributed by atoms with Crippen LogP contribution >= 0.6 is 0 Å². The predicted octanol–water partition coefficient (Wildman–Crippen LogP) is 2.66. The summed E-state index contributed by atoms with van der Waals surface area (Å²) in [5.74, 6) is -0.832. The summed E-state index contributed by atoms with van der Waals surface area (Å²) in [6.07, 6.45) is 3.32. The van der Waals surface area contributed by atoms with Gasteiger partial charge in [0.05, 0.1) is 22.1 Å². The lowest BCUT2D eigenvalue weighted by atomic mass is 10.1.